The van der Waals surface area contributed by atoms with E-state index >= 15 is 0 Å². The minimum Gasteiger partial charge on any atom is -0.372 e. The fourth-order valence-electron chi connectivity index (χ4n) is 9.02. The number of carbonyl (C=O) groups excluding carboxylic acids is 5. The van der Waals surface area contributed by atoms with Gasteiger partial charge < -0.3 is 10.2 Å². The Labute approximate surface area is 325 Å². The lowest BCUT2D eigenvalue weighted by Crippen LogP contribution is -2.54. The van der Waals surface area contributed by atoms with E-state index in [1.165, 1.54) is 5.56 Å². The lowest BCUT2D eigenvalue weighted by Gasteiger charge is -2.36. The van der Waals surface area contributed by atoms with Crippen LogP contribution >= 0.6 is 11.6 Å². The summed E-state index contributed by atoms with van der Waals surface area (Å²) in [6.45, 7) is 4.14. The van der Waals surface area contributed by atoms with E-state index in [9.17, 15) is 29.2 Å². The minimum atomic E-state index is -0.960. The van der Waals surface area contributed by atoms with Crippen LogP contribution in [0.25, 0.3) is 0 Å². The Morgan fingerprint density at radius 3 is 2.15 bits per heavy atom. The standard InChI is InChI=1S/C42H44ClN7O5/c1-47(33-9-6-27(21-44)36(43)20-33)31-10-7-30(8-11-31)45-39(52)26-4-2-25(3-5-26)22-48-16-14-32(15-17-48)49-23-28-18-34-35(19-29(28)24-49)42(55)50(41(34)54)37-12-13-38(51)46-40(37)53/h2-6,9,18-20,30-32,37H,7-8,10-17,22-24H2,1H3,(H,45,52)(H,46,51,53)/t30-,31-,37?. The van der Waals surface area contributed by atoms with Gasteiger partial charge in [-0.15, -0.1) is 0 Å². The molecule has 284 valence electrons. The average Bonchev–Trinajstić information content (AvgIpc) is 3.71. The summed E-state index contributed by atoms with van der Waals surface area (Å²) in [6, 6.07) is 19.2. The van der Waals surface area contributed by atoms with Gasteiger partial charge >= 0.3 is 0 Å². The van der Waals surface area contributed by atoms with Crippen LogP contribution in [-0.4, -0.2) is 88.5 Å². The SMILES string of the molecule is CN(c1ccc(C#N)c(Cl)c1)[C@H]1CC[C@H](NC(=O)c2ccc(CN3CCC(N4Cc5cc6c(cc5C4)C(=O)N(C4CCC(=O)NC4=O)C6=O)CC3)cc2)CC1. The quantitative estimate of drug-likeness (QED) is 0.310. The summed E-state index contributed by atoms with van der Waals surface area (Å²) in [4.78, 5) is 72.0. The second kappa shape index (κ2) is 15.2. The van der Waals surface area contributed by atoms with Crippen molar-refractivity contribution in [2.24, 2.45) is 0 Å². The predicted octanol–water partition coefficient (Wildman–Crippen LogP) is 4.77. The molecule has 0 radical (unpaired) electrons. The molecule has 12 nitrogen and oxygen atoms in total. The fourth-order valence-corrected chi connectivity index (χ4v) is 9.23. The van der Waals surface area contributed by atoms with Gasteiger partial charge in [0.2, 0.25) is 11.8 Å². The zero-order chi connectivity index (χ0) is 38.4. The molecule has 1 atom stereocenters. The molecule has 8 rings (SSSR count). The predicted molar refractivity (Wildman–Crippen MR) is 205 cm³/mol. The molecule has 3 fully saturated rings. The highest BCUT2D eigenvalue weighted by Crippen LogP contribution is 2.36. The van der Waals surface area contributed by atoms with E-state index in [0.717, 1.165) is 79.9 Å². The van der Waals surface area contributed by atoms with Crippen LogP contribution in [0.5, 0.6) is 0 Å². The monoisotopic (exact) mass is 761 g/mol. The second-order valence-electron chi connectivity index (χ2n) is 15.6. The molecular weight excluding hydrogens is 718 g/mol. The first kappa shape index (κ1) is 36.9. The Morgan fingerprint density at radius 2 is 1.55 bits per heavy atom. The summed E-state index contributed by atoms with van der Waals surface area (Å²) in [6.07, 6.45) is 5.97. The third-order valence-electron chi connectivity index (χ3n) is 12.3. The Morgan fingerprint density at radius 1 is 0.891 bits per heavy atom. The van der Waals surface area contributed by atoms with Gasteiger partial charge in [-0.2, -0.15) is 5.26 Å². The number of fused-ring (bicyclic) bond motifs is 2. The highest BCUT2D eigenvalue weighted by Gasteiger charge is 2.45. The topological polar surface area (TPSA) is 146 Å². The molecule has 4 heterocycles. The van der Waals surface area contributed by atoms with Crippen molar-refractivity contribution in [1.29, 1.82) is 5.26 Å². The number of rotatable bonds is 8. The molecule has 1 saturated carbocycles. The molecule has 0 aromatic heterocycles. The lowest BCUT2D eigenvalue weighted by molar-refractivity contribution is -0.136. The molecule has 55 heavy (non-hydrogen) atoms. The number of nitrogens with one attached hydrogen (secondary N) is 2. The molecule has 1 aliphatic carbocycles. The van der Waals surface area contributed by atoms with Crippen LogP contribution in [0.4, 0.5) is 5.69 Å². The highest BCUT2D eigenvalue weighted by atomic mass is 35.5. The third kappa shape index (κ3) is 7.36. The molecule has 5 amide bonds. The van der Waals surface area contributed by atoms with E-state index in [0.29, 0.717) is 52.4 Å². The van der Waals surface area contributed by atoms with E-state index in [1.54, 1.807) is 6.07 Å². The highest BCUT2D eigenvalue weighted by molar-refractivity contribution is 6.32. The summed E-state index contributed by atoms with van der Waals surface area (Å²) in [5, 5.41) is 15.1. The number of piperidine rings is 2. The molecule has 13 heteroatoms. The van der Waals surface area contributed by atoms with E-state index in [1.807, 2.05) is 36.4 Å². The summed E-state index contributed by atoms with van der Waals surface area (Å²) in [5.41, 5.74) is 6.07. The fraction of sp³-hybridized carbons (Fsp3) is 0.429. The number of imide groups is 2. The van der Waals surface area contributed by atoms with Crippen LogP contribution in [0.3, 0.4) is 0 Å². The van der Waals surface area contributed by atoms with Gasteiger partial charge in [0.25, 0.3) is 17.7 Å². The number of benzene rings is 3. The third-order valence-corrected chi connectivity index (χ3v) is 12.6. The molecule has 1 unspecified atom stereocenters. The van der Waals surface area contributed by atoms with Crippen molar-refractivity contribution >= 4 is 46.8 Å². The molecule has 0 spiro atoms. The number of hydrogen-bond donors (Lipinski definition) is 2. The summed E-state index contributed by atoms with van der Waals surface area (Å²) in [7, 11) is 2.06. The van der Waals surface area contributed by atoms with Crippen LogP contribution in [-0.2, 0) is 29.2 Å². The van der Waals surface area contributed by atoms with Crippen molar-refractivity contribution in [3.8, 4) is 6.07 Å². The van der Waals surface area contributed by atoms with Crippen LogP contribution in [0.1, 0.15) is 105 Å². The van der Waals surface area contributed by atoms with Gasteiger partial charge in [0, 0.05) is 62.5 Å². The van der Waals surface area contributed by atoms with Gasteiger partial charge in [-0.25, -0.2) is 0 Å². The van der Waals surface area contributed by atoms with Crippen LogP contribution in [0, 0.1) is 11.3 Å². The maximum Gasteiger partial charge on any atom is 0.262 e. The van der Waals surface area contributed by atoms with Gasteiger partial charge in [-0.1, -0.05) is 23.7 Å². The average molecular weight is 762 g/mol. The normalized spacial score (nSPS) is 23.3. The van der Waals surface area contributed by atoms with Gasteiger partial charge in [0.1, 0.15) is 12.1 Å². The number of anilines is 1. The number of carbonyl (C=O) groups is 5. The summed E-state index contributed by atoms with van der Waals surface area (Å²) < 4.78 is 0. The first-order valence-electron chi connectivity index (χ1n) is 19.2. The number of halogens is 1. The molecular formula is C42H44ClN7O5. The van der Waals surface area contributed by atoms with Crippen molar-refractivity contribution in [3.05, 3.63) is 98.6 Å². The molecule has 0 bridgehead atoms. The number of amides is 5. The molecule has 2 saturated heterocycles. The summed E-state index contributed by atoms with van der Waals surface area (Å²) >= 11 is 6.26. The van der Waals surface area contributed by atoms with Gasteiger partial charge in [-0.3, -0.25) is 44.0 Å². The van der Waals surface area contributed by atoms with Crippen molar-refractivity contribution in [3.63, 3.8) is 0 Å². The Bertz CT molecular complexity index is 2050. The molecule has 5 aliphatic rings. The lowest BCUT2D eigenvalue weighted by atomic mass is 9.90. The number of nitriles is 1. The Kier molecular flexibility index (Phi) is 10.2. The molecule has 2 N–H and O–H groups in total. The molecule has 3 aromatic rings. The maximum atomic E-state index is 13.3. The van der Waals surface area contributed by atoms with Crippen molar-refractivity contribution in [1.82, 2.24) is 25.3 Å². The largest absolute Gasteiger partial charge is 0.372 e. The Hall–Kier alpha value is -5.09. The van der Waals surface area contributed by atoms with E-state index in [-0.39, 0.29) is 30.7 Å². The molecule has 3 aromatic carbocycles. The van der Waals surface area contributed by atoms with E-state index in [4.69, 9.17) is 11.6 Å². The zero-order valence-electron chi connectivity index (χ0n) is 30.9. The van der Waals surface area contributed by atoms with Gasteiger partial charge in [0.15, 0.2) is 0 Å². The number of likely N-dealkylation sites (tertiary alicyclic amines) is 1. The number of hydrogen-bond acceptors (Lipinski definition) is 9. The van der Waals surface area contributed by atoms with Gasteiger partial charge in [0.05, 0.1) is 21.7 Å². The van der Waals surface area contributed by atoms with Crippen molar-refractivity contribution < 1.29 is 24.0 Å². The smallest absolute Gasteiger partial charge is 0.262 e. The maximum absolute atomic E-state index is 13.3. The molecule has 4 aliphatic heterocycles. The minimum absolute atomic E-state index is 0.0414. The van der Waals surface area contributed by atoms with Gasteiger partial charge in [-0.05, 0) is 117 Å². The van der Waals surface area contributed by atoms with E-state index in [2.05, 4.69) is 50.6 Å². The van der Waals surface area contributed by atoms with Crippen molar-refractivity contribution in [2.45, 2.75) is 95.2 Å². The first-order valence-corrected chi connectivity index (χ1v) is 19.6. The van der Waals surface area contributed by atoms with Crippen molar-refractivity contribution in [2.75, 3.05) is 25.0 Å². The van der Waals surface area contributed by atoms with E-state index < -0.39 is 23.8 Å². The summed E-state index contributed by atoms with van der Waals surface area (Å²) in [5.74, 6) is -1.96. The van der Waals surface area contributed by atoms with Crippen LogP contribution in [0.15, 0.2) is 54.6 Å². The van der Waals surface area contributed by atoms with Crippen LogP contribution < -0.4 is 15.5 Å². The number of nitrogens with zero attached hydrogens (tertiary/aromatic N) is 5. The second-order valence-corrected chi connectivity index (χ2v) is 16.0. The Balaban J connectivity index is 0.784. The first-order chi connectivity index (χ1) is 26.6. The zero-order valence-corrected chi connectivity index (χ0v) is 31.6. The van der Waals surface area contributed by atoms with Crippen LogP contribution in [0.2, 0.25) is 5.02 Å².